The maximum atomic E-state index is 12.9. The number of rotatable bonds is 13. The number of unbranched alkanes of at least 4 members (excludes halogenated alkanes) is 1. The van der Waals surface area contributed by atoms with Crippen LogP contribution in [-0.4, -0.2) is 37.5 Å². The third kappa shape index (κ3) is 8.05. The first-order valence-electron chi connectivity index (χ1n) is 11.3. The molecule has 0 fully saturated rings. The molecule has 0 aliphatic heterocycles. The van der Waals surface area contributed by atoms with Crippen LogP contribution >= 0.6 is 11.6 Å². The highest BCUT2D eigenvalue weighted by Gasteiger charge is 2.19. The molecule has 13 heteroatoms. The van der Waals surface area contributed by atoms with Gasteiger partial charge in [-0.2, -0.15) is 0 Å². The molecule has 0 radical (unpaired) electrons. The van der Waals surface area contributed by atoms with Gasteiger partial charge in [0.15, 0.2) is 0 Å². The third-order valence-electron chi connectivity index (χ3n) is 4.93. The van der Waals surface area contributed by atoms with E-state index in [1.165, 1.54) is 60.8 Å². The highest BCUT2D eigenvalue weighted by Crippen LogP contribution is 2.33. The first kappa shape index (κ1) is 27.7. The smallest absolute Gasteiger partial charge is 0.311 e. The number of hydrogen-bond donors (Lipinski definition) is 2. The average molecular weight is 549 g/mol. The number of carbonyl (C=O) groups excluding carboxylic acids is 1. The van der Waals surface area contributed by atoms with E-state index >= 15 is 0 Å². The van der Waals surface area contributed by atoms with E-state index in [-0.39, 0.29) is 46.8 Å². The highest BCUT2D eigenvalue weighted by atomic mass is 35.5. The van der Waals surface area contributed by atoms with Crippen molar-refractivity contribution >= 4 is 50.5 Å². The number of aromatic nitrogens is 1. The molecule has 0 unspecified atom stereocenters. The molecule has 0 bridgehead atoms. The Morgan fingerprint density at radius 3 is 2.59 bits per heavy atom. The summed E-state index contributed by atoms with van der Waals surface area (Å²) in [6.45, 7) is 2.22. The number of carbonyl (C=O) groups is 1. The molecule has 0 atom stereocenters. The Kier molecular flexibility index (Phi) is 9.64. The summed E-state index contributed by atoms with van der Waals surface area (Å²) in [6.07, 6.45) is 2.66. The molecule has 0 saturated carbocycles. The molecule has 11 nitrogen and oxygen atoms in total. The van der Waals surface area contributed by atoms with Crippen molar-refractivity contribution in [1.82, 2.24) is 4.98 Å². The minimum Gasteiger partial charge on any atom is -0.491 e. The number of nitrogens with zero attached hydrogens (tertiary/aromatic N) is 2. The predicted octanol–water partition coefficient (Wildman–Crippen LogP) is 5.30. The lowest BCUT2D eigenvalue weighted by Crippen LogP contribution is -2.14. The lowest BCUT2D eigenvalue weighted by Gasteiger charge is -2.16. The zero-order chi connectivity index (χ0) is 26.8. The summed E-state index contributed by atoms with van der Waals surface area (Å²) in [5.41, 5.74) is 0.315. The van der Waals surface area contributed by atoms with Crippen LogP contribution < -0.4 is 14.8 Å². The molecule has 2 aromatic carbocycles. The van der Waals surface area contributed by atoms with Gasteiger partial charge < -0.3 is 14.8 Å². The molecule has 0 aliphatic rings. The Bertz CT molecular complexity index is 1350. The second-order valence-corrected chi connectivity index (χ2v) is 9.75. The van der Waals surface area contributed by atoms with Crippen LogP contribution in [0, 0.1) is 10.1 Å². The Labute approximate surface area is 219 Å². The normalized spacial score (nSPS) is 11.0. The van der Waals surface area contributed by atoms with Crippen LogP contribution in [0.4, 0.5) is 22.9 Å². The molecular formula is C24H25ClN4O7S. The average Bonchev–Trinajstić information content (AvgIpc) is 2.86. The van der Waals surface area contributed by atoms with E-state index in [9.17, 15) is 23.3 Å². The van der Waals surface area contributed by atoms with E-state index in [1.54, 1.807) is 6.92 Å². The topological polar surface area (TPSA) is 150 Å². The van der Waals surface area contributed by atoms with Gasteiger partial charge in [-0.25, -0.2) is 13.4 Å². The second-order valence-electron chi connectivity index (χ2n) is 7.63. The van der Waals surface area contributed by atoms with Crippen LogP contribution in [0.1, 0.15) is 26.2 Å². The molecule has 1 heterocycles. The predicted molar refractivity (Wildman–Crippen MR) is 139 cm³/mol. The van der Waals surface area contributed by atoms with Crippen LogP contribution in [0.5, 0.6) is 5.75 Å². The van der Waals surface area contributed by atoms with Crippen molar-refractivity contribution in [2.24, 2.45) is 0 Å². The number of nitro groups is 1. The maximum Gasteiger partial charge on any atom is 0.311 e. The van der Waals surface area contributed by atoms with E-state index < -0.39 is 14.9 Å². The Morgan fingerprint density at radius 2 is 1.89 bits per heavy atom. The van der Waals surface area contributed by atoms with Crippen LogP contribution in [0.15, 0.2) is 65.7 Å². The molecular weight excluding hydrogens is 524 g/mol. The van der Waals surface area contributed by atoms with Gasteiger partial charge in [0.05, 0.1) is 28.7 Å². The van der Waals surface area contributed by atoms with Crippen molar-refractivity contribution < 1.29 is 27.6 Å². The molecule has 3 rings (SSSR count). The number of anilines is 3. The van der Waals surface area contributed by atoms with Gasteiger partial charge in [-0.3, -0.25) is 19.6 Å². The van der Waals surface area contributed by atoms with Gasteiger partial charge in [-0.1, -0.05) is 11.6 Å². The fraction of sp³-hybridized carbons (Fsp3) is 0.250. The summed E-state index contributed by atoms with van der Waals surface area (Å²) in [5.74, 6) is -0.110. The Hall–Kier alpha value is -3.90. The minimum absolute atomic E-state index is 0.00333. The van der Waals surface area contributed by atoms with Gasteiger partial charge in [0.25, 0.3) is 10.0 Å². The first-order valence-corrected chi connectivity index (χ1v) is 13.1. The number of ether oxygens (including phenoxy) is 2. The summed E-state index contributed by atoms with van der Waals surface area (Å²) in [5, 5.41) is 14.6. The molecule has 196 valence electrons. The van der Waals surface area contributed by atoms with Gasteiger partial charge in [-0.05, 0) is 62.2 Å². The Balaban J connectivity index is 1.82. The quantitative estimate of drug-likeness (QED) is 0.125. The molecule has 0 amide bonds. The second kappa shape index (κ2) is 12.9. The molecule has 37 heavy (non-hydrogen) atoms. The molecule has 2 N–H and O–H groups in total. The number of pyridine rings is 1. The van der Waals surface area contributed by atoms with E-state index in [2.05, 4.69) is 15.0 Å². The van der Waals surface area contributed by atoms with Gasteiger partial charge >= 0.3 is 11.7 Å². The summed E-state index contributed by atoms with van der Waals surface area (Å²) in [4.78, 5) is 26.3. The van der Waals surface area contributed by atoms with Gasteiger partial charge in [0, 0.05) is 35.5 Å². The van der Waals surface area contributed by atoms with Gasteiger partial charge in [-0.15, -0.1) is 0 Å². The van der Waals surface area contributed by atoms with Crippen molar-refractivity contribution in [3.8, 4) is 5.75 Å². The standard InChI is InChI=1S/C24H25ClN4O7S/c1-2-35-23(30)7-3-4-15-36-22-16-18(27-24-21(29(31)32)6-5-14-26-24)10-13-20(22)28-37(33,34)19-11-8-17(25)9-12-19/h5-6,8-14,16,28H,2-4,7,15H2,1H3,(H,26,27). The zero-order valence-corrected chi connectivity index (χ0v) is 21.4. The van der Waals surface area contributed by atoms with Crippen molar-refractivity contribution in [3.05, 3.63) is 75.9 Å². The summed E-state index contributed by atoms with van der Waals surface area (Å²) in [6, 6.07) is 12.9. The summed E-state index contributed by atoms with van der Waals surface area (Å²) >= 11 is 5.86. The zero-order valence-electron chi connectivity index (χ0n) is 19.8. The van der Waals surface area contributed by atoms with Gasteiger partial charge in [0.2, 0.25) is 5.82 Å². The first-order chi connectivity index (χ1) is 17.7. The van der Waals surface area contributed by atoms with Crippen molar-refractivity contribution in [2.75, 3.05) is 23.3 Å². The number of halogens is 1. The number of sulfonamides is 1. The van der Waals surface area contributed by atoms with Crippen LogP contribution in [-0.2, 0) is 19.6 Å². The van der Waals surface area contributed by atoms with Crippen molar-refractivity contribution in [2.45, 2.75) is 31.1 Å². The van der Waals surface area contributed by atoms with Crippen LogP contribution in [0.25, 0.3) is 0 Å². The number of esters is 1. The van der Waals surface area contributed by atoms with Gasteiger partial charge in [0.1, 0.15) is 5.75 Å². The highest BCUT2D eigenvalue weighted by molar-refractivity contribution is 7.92. The summed E-state index contributed by atoms with van der Waals surface area (Å²) in [7, 11) is -3.97. The molecule has 0 saturated heterocycles. The number of benzene rings is 2. The fourth-order valence-corrected chi connectivity index (χ4v) is 4.38. The molecule has 0 aliphatic carbocycles. The van der Waals surface area contributed by atoms with E-state index in [0.717, 1.165) is 0 Å². The molecule has 0 spiro atoms. The SMILES string of the molecule is CCOC(=O)CCCCOc1cc(Nc2ncccc2[N+](=O)[O-])ccc1NS(=O)(=O)c1ccc(Cl)cc1. The largest absolute Gasteiger partial charge is 0.491 e. The maximum absolute atomic E-state index is 12.9. The lowest BCUT2D eigenvalue weighted by molar-refractivity contribution is -0.384. The minimum atomic E-state index is -3.97. The van der Waals surface area contributed by atoms with Crippen molar-refractivity contribution in [3.63, 3.8) is 0 Å². The van der Waals surface area contributed by atoms with Crippen LogP contribution in [0.3, 0.4) is 0 Å². The third-order valence-corrected chi connectivity index (χ3v) is 6.57. The number of nitrogens with one attached hydrogen (secondary N) is 2. The van der Waals surface area contributed by atoms with E-state index in [0.29, 0.717) is 30.2 Å². The monoisotopic (exact) mass is 548 g/mol. The summed E-state index contributed by atoms with van der Waals surface area (Å²) < 4.78 is 39.1. The Morgan fingerprint density at radius 1 is 1.14 bits per heavy atom. The van der Waals surface area contributed by atoms with E-state index in [4.69, 9.17) is 21.1 Å². The molecule has 3 aromatic rings. The van der Waals surface area contributed by atoms with E-state index in [1.807, 2.05) is 0 Å². The van der Waals surface area contributed by atoms with Crippen LogP contribution in [0.2, 0.25) is 5.02 Å². The molecule has 1 aromatic heterocycles. The number of hydrogen-bond acceptors (Lipinski definition) is 9. The lowest BCUT2D eigenvalue weighted by atomic mass is 10.2. The fourth-order valence-electron chi connectivity index (χ4n) is 3.19. The van der Waals surface area contributed by atoms with Crippen molar-refractivity contribution in [1.29, 1.82) is 0 Å².